The Balaban J connectivity index is 1.86. The van der Waals surface area contributed by atoms with E-state index in [0.29, 0.717) is 0 Å². The first-order chi connectivity index (χ1) is 7.96. The van der Waals surface area contributed by atoms with E-state index in [1.54, 1.807) is 0 Å². The van der Waals surface area contributed by atoms with E-state index in [9.17, 15) is 5.11 Å². The molecule has 0 aliphatic carbocycles. The Labute approximate surface area is 99.7 Å². The molecular weight excluding hydrogens is 228 g/mol. The molecule has 98 valence electrons. The summed E-state index contributed by atoms with van der Waals surface area (Å²) in [4.78, 5) is 0. The van der Waals surface area contributed by atoms with E-state index in [1.165, 1.54) is 0 Å². The van der Waals surface area contributed by atoms with Gasteiger partial charge in [0.25, 0.3) is 0 Å². The van der Waals surface area contributed by atoms with E-state index in [-0.39, 0.29) is 31.7 Å². The Hall–Kier alpha value is -0.240. The molecular formula is C11H18O6. The number of hydrogen-bond donors (Lipinski definition) is 1. The van der Waals surface area contributed by atoms with Gasteiger partial charge in [-0.15, -0.1) is 0 Å². The van der Waals surface area contributed by atoms with Crippen LogP contribution in [0.5, 0.6) is 0 Å². The van der Waals surface area contributed by atoms with Crippen molar-refractivity contribution in [3.05, 3.63) is 0 Å². The quantitative estimate of drug-likeness (QED) is 0.701. The second kappa shape index (κ2) is 3.63. The highest BCUT2D eigenvalue weighted by molar-refractivity contribution is 5.05. The molecule has 0 aromatic rings. The molecule has 3 saturated heterocycles. The first kappa shape index (κ1) is 11.8. The molecule has 6 nitrogen and oxygen atoms in total. The molecule has 2 unspecified atom stereocenters. The topological polar surface area (TPSA) is 66.4 Å². The monoisotopic (exact) mass is 246 g/mol. The number of hydrogen-bond acceptors (Lipinski definition) is 6. The smallest absolute Gasteiger partial charge is 0.190 e. The highest BCUT2D eigenvalue weighted by Crippen LogP contribution is 2.45. The second-order valence-corrected chi connectivity index (χ2v) is 5.24. The SMILES string of the molecule is CC1OC[C@@]2(CO)O[C@H]3OC(C)(C)OC3[C@H]2O1. The van der Waals surface area contributed by atoms with Crippen LogP contribution in [0.3, 0.4) is 0 Å². The van der Waals surface area contributed by atoms with E-state index in [1.807, 2.05) is 20.8 Å². The molecule has 0 aromatic carbocycles. The van der Waals surface area contributed by atoms with Gasteiger partial charge >= 0.3 is 0 Å². The highest BCUT2D eigenvalue weighted by atomic mass is 16.9. The zero-order chi connectivity index (χ0) is 12.3. The van der Waals surface area contributed by atoms with Crippen molar-refractivity contribution < 1.29 is 28.8 Å². The summed E-state index contributed by atoms with van der Waals surface area (Å²) in [5.74, 6) is -0.679. The van der Waals surface area contributed by atoms with Gasteiger partial charge in [-0.3, -0.25) is 0 Å². The second-order valence-electron chi connectivity index (χ2n) is 5.24. The summed E-state index contributed by atoms with van der Waals surface area (Å²) >= 11 is 0. The van der Waals surface area contributed by atoms with Crippen molar-refractivity contribution in [1.82, 2.24) is 0 Å². The summed E-state index contributed by atoms with van der Waals surface area (Å²) in [5.41, 5.74) is -0.863. The minimum atomic E-state index is -0.863. The summed E-state index contributed by atoms with van der Waals surface area (Å²) in [6, 6.07) is 0. The fourth-order valence-corrected chi connectivity index (χ4v) is 2.65. The first-order valence-electron chi connectivity index (χ1n) is 5.87. The predicted molar refractivity (Wildman–Crippen MR) is 55.0 cm³/mol. The van der Waals surface area contributed by atoms with E-state index in [2.05, 4.69) is 0 Å². The zero-order valence-corrected chi connectivity index (χ0v) is 10.2. The number of aliphatic hydroxyl groups excluding tert-OH is 1. The van der Waals surface area contributed by atoms with Crippen LogP contribution in [0.15, 0.2) is 0 Å². The van der Waals surface area contributed by atoms with Gasteiger partial charge < -0.3 is 28.8 Å². The molecule has 0 saturated carbocycles. The Morgan fingerprint density at radius 2 is 2.00 bits per heavy atom. The Bertz CT molecular complexity index is 319. The predicted octanol–water partition coefficient (Wildman–Crippen LogP) is -0.0133. The molecule has 0 spiro atoms. The molecule has 0 aromatic heterocycles. The van der Waals surface area contributed by atoms with Gasteiger partial charge in [0, 0.05) is 0 Å². The molecule has 3 fully saturated rings. The lowest BCUT2D eigenvalue weighted by Crippen LogP contribution is -2.57. The van der Waals surface area contributed by atoms with Crippen molar-refractivity contribution in [2.75, 3.05) is 13.2 Å². The highest BCUT2D eigenvalue weighted by Gasteiger charge is 2.64. The van der Waals surface area contributed by atoms with Crippen LogP contribution in [0, 0.1) is 0 Å². The van der Waals surface area contributed by atoms with E-state index in [0.717, 1.165) is 0 Å². The number of rotatable bonds is 1. The number of aliphatic hydroxyl groups is 1. The third-order valence-electron chi connectivity index (χ3n) is 3.42. The Morgan fingerprint density at radius 1 is 1.24 bits per heavy atom. The van der Waals surface area contributed by atoms with Crippen molar-refractivity contribution in [1.29, 1.82) is 0 Å². The molecule has 1 N–H and O–H groups in total. The van der Waals surface area contributed by atoms with Crippen molar-refractivity contribution >= 4 is 0 Å². The molecule has 6 heteroatoms. The molecule has 17 heavy (non-hydrogen) atoms. The standard InChI is InChI=1S/C11H18O6/c1-6-13-5-11(4-12)8(14-6)7-9(17-11)16-10(2,3)15-7/h6-9,12H,4-5H2,1-3H3/t6?,7?,8-,9-,11-/m1/s1. The van der Waals surface area contributed by atoms with Crippen LogP contribution in [-0.2, 0) is 23.7 Å². The fraction of sp³-hybridized carbons (Fsp3) is 1.00. The lowest BCUT2D eigenvalue weighted by molar-refractivity contribution is -0.318. The van der Waals surface area contributed by atoms with Gasteiger partial charge in [0.1, 0.15) is 17.8 Å². The summed E-state index contributed by atoms with van der Waals surface area (Å²) in [6.45, 7) is 5.59. The molecule has 0 amide bonds. The lowest BCUT2D eigenvalue weighted by atomic mass is 9.96. The number of ether oxygens (including phenoxy) is 5. The normalized spacial score (nSPS) is 52.2. The van der Waals surface area contributed by atoms with Crippen LogP contribution in [0.4, 0.5) is 0 Å². The summed E-state index contributed by atoms with van der Waals surface area (Å²) in [7, 11) is 0. The van der Waals surface area contributed by atoms with Gasteiger partial charge in [-0.25, -0.2) is 0 Å². The van der Waals surface area contributed by atoms with Crippen LogP contribution in [-0.4, -0.2) is 54.5 Å². The van der Waals surface area contributed by atoms with Crippen LogP contribution in [0.2, 0.25) is 0 Å². The third kappa shape index (κ3) is 1.71. The minimum absolute atomic E-state index is 0.176. The van der Waals surface area contributed by atoms with E-state index >= 15 is 0 Å². The van der Waals surface area contributed by atoms with Crippen molar-refractivity contribution in [2.24, 2.45) is 0 Å². The molecule has 3 rings (SSSR count). The Kier molecular flexibility index (Phi) is 2.52. The van der Waals surface area contributed by atoms with Crippen LogP contribution >= 0.6 is 0 Å². The molecule has 0 bridgehead atoms. The number of fused-ring (bicyclic) bond motifs is 3. The van der Waals surface area contributed by atoms with Crippen LogP contribution in [0.25, 0.3) is 0 Å². The average Bonchev–Trinajstić information content (AvgIpc) is 2.69. The van der Waals surface area contributed by atoms with Gasteiger partial charge in [-0.2, -0.15) is 0 Å². The van der Waals surface area contributed by atoms with Crippen molar-refractivity contribution in [3.63, 3.8) is 0 Å². The summed E-state index contributed by atoms with van der Waals surface area (Å²) in [5, 5.41) is 9.53. The molecule has 5 atom stereocenters. The fourth-order valence-electron chi connectivity index (χ4n) is 2.65. The maximum absolute atomic E-state index is 9.53. The van der Waals surface area contributed by atoms with Crippen molar-refractivity contribution in [3.8, 4) is 0 Å². The van der Waals surface area contributed by atoms with Crippen molar-refractivity contribution in [2.45, 2.75) is 56.9 Å². The van der Waals surface area contributed by atoms with Gasteiger partial charge in [-0.05, 0) is 20.8 Å². The largest absolute Gasteiger partial charge is 0.393 e. The summed E-state index contributed by atoms with van der Waals surface area (Å²) < 4.78 is 28.3. The minimum Gasteiger partial charge on any atom is -0.393 e. The zero-order valence-electron chi connectivity index (χ0n) is 10.2. The third-order valence-corrected chi connectivity index (χ3v) is 3.42. The molecule has 3 heterocycles. The lowest BCUT2D eigenvalue weighted by Gasteiger charge is -2.40. The van der Waals surface area contributed by atoms with E-state index < -0.39 is 17.7 Å². The Morgan fingerprint density at radius 3 is 2.71 bits per heavy atom. The molecule has 3 aliphatic rings. The molecule has 3 aliphatic heterocycles. The van der Waals surface area contributed by atoms with Gasteiger partial charge in [0.15, 0.2) is 18.4 Å². The van der Waals surface area contributed by atoms with Gasteiger partial charge in [-0.1, -0.05) is 0 Å². The van der Waals surface area contributed by atoms with Crippen LogP contribution < -0.4 is 0 Å². The summed E-state index contributed by atoms with van der Waals surface area (Å²) in [6.07, 6.45) is -1.50. The average molecular weight is 246 g/mol. The first-order valence-corrected chi connectivity index (χ1v) is 5.87. The maximum atomic E-state index is 9.53. The van der Waals surface area contributed by atoms with E-state index in [4.69, 9.17) is 23.7 Å². The maximum Gasteiger partial charge on any atom is 0.190 e. The van der Waals surface area contributed by atoms with Gasteiger partial charge in [0.2, 0.25) is 0 Å². The molecule has 0 radical (unpaired) electrons. The van der Waals surface area contributed by atoms with Crippen LogP contribution in [0.1, 0.15) is 20.8 Å². The van der Waals surface area contributed by atoms with Gasteiger partial charge in [0.05, 0.1) is 13.2 Å².